The summed E-state index contributed by atoms with van der Waals surface area (Å²) in [6.07, 6.45) is 3.35. The molecule has 1 aliphatic heterocycles. The van der Waals surface area contributed by atoms with Crippen molar-refractivity contribution in [3.8, 4) is 0 Å². The summed E-state index contributed by atoms with van der Waals surface area (Å²) in [5.41, 5.74) is 1.80. The van der Waals surface area contributed by atoms with Crippen LogP contribution in [0, 0.1) is 0 Å². The summed E-state index contributed by atoms with van der Waals surface area (Å²) in [6, 6.07) is 7.67. The minimum atomic E-state index is 0.0642. The highest BCUT2D eigenvalue weighted by atomic mass is 16.5. The zero-order valence-corrected chi connectivity index (χ0v) is 12.8. The number of amides is 1. The minimum Gasteiger partial charge on any atom is -0.372 e. The number of hydrogen-bond acceptors (Lipinski definition) is 4. The molecular formula is C16H20N4O2. The molecule has 0 aliphatic carbocycles. The maximum absolute atomic E-state index is 12.6. The molecule has 1 amide bonds. The average molecular weight is 300 g/mol. The molecule has 0 saturated carbocycles. The van der Waals surface area contributed by atoms with E-state index in [1.54, 1.807) is 11.0 Å². The molecule has 2 heterocycles. The van der Waals surface area contributed by atoms with E-state index in [2.05, 4.69) is 10.1 Å². The summed E-state index contributed by atoms with van der Waals surface area (Å²) >= 11 is 0. The highest BCUT2D eigenvalue weighted by molar-refractivity contribution is 5.94. The van der Waals surface area contributed by atoms with Gasteiger partial charge in [-0.1, -0.05) is 12.1 Å². The van der Waals surface area contributed by atoms with Crippen LogP contribution in [0.15, 0.2) is 36.9 Å². The Labute approximate surface area is 129 Å². The molecule has 3 rings (SSSR count). The lowest BCUT2D eigenvalue weighted by atomic mass is 10.1. The molecule has 22 heavy (non-hydrogen) atoms. The van der Waals surface area contributed by atoms with E-state index in [-0.39, 0.29) is 18.1 Å². The zero-order chi connectivity index (χ0) is 15.5. The van der Waals surface area contributed by atoms with Crippen LogP contribution in [0.2, 0.25) is 0 Å². The first-order valence-corrected chi connectivity index (χ1v) is 7.48. The lowest BCUT2D eigenvalue weighted by Gasteiger charge is -2.35. The average Bonchev–Trinajstić information content (AvgIpc) is 2.99. The predicted octanol–water partition coefficient (Wildman–Crippen LogP) is 1.58. The molecule has 0 bridgehead atoms. The van der Waals surface area contributed by atoms with Gasteiger partial charge in [0.05, 0.1) is 18.8 Å². The van der Waals surface area contributed by atoms with Crippen molar-refractivity contribution in [1.29, 1.82) is 0 Å². The monoisotopic (exact) mass is 300 g/mol. The van der Waals surface area contributed by atoms with Crippen LogP contribution >= 0.6 is 0 Å². The van der Waals surface area contributed by atoms with Crippen LogP contribution in [0.3, 0.4) is 0 Å². The van der Waals surface area contributed by atoms with Crippen LogP contribution < -0.4 is 0 Å². The number of carbonyl (C=O) groups is 1. The van der Waals surface area contributed by atoms with Gasteiger partial charge < -0.3 is 9.64 Å². The third-order valence-corrected chi connectivity index (χ3v) is 3.72. The lowest BCUT2D eigenvalue weighted by molar-refractivity contribution is -0.0586. The van der Waals surface area contributed by atoms with E-state index < -0.39 is 0 Å². The molecule has 2 unspecified atom stereocenters. The number of nitrogens with zero attached hydrogens (tertiary/aromatic N) is 4. The molecule has 1 aliphatic rings. The van der Waals surface area contributed by atoms with Crippen LogP contribution in [-0.2, 0) is 11.3 Å². The number of rotatable bonds is 3. The molecule has 1 saturated heterocycles. The number of ether oxygens (including phenoxy) is 1. The summed E-state index contributed by atoms with van der Waals surface area (Å²) in [6.45, 7) is 5.93. The Morgan fingerprint density at radius 2 is 1.91 bits per heavy atom. The molecule has 6 nitrogen and oxygen atoms in total. The summed E-state index contributed by atoms with van der Waals surface area (Å²) in [5.74, 6) is 0.0642. The van der Waals surface area contributed by atoms with Crippen molar-refractivity contribution in [3.63, 3.8) is 0 Å². The zero-order valence-electron chi connectivity index (χ0n) is 12.8. The van der Waals surface area contributed by atoms with Gasteiger partial charge in [0.25, 0.3) is 5.91 Å². The fourth-order valence-electron chi connectivity index (χ4n) is 2.78. The third kappa shape index (κ3) is 3.33. The highest BCUT2D eigenvalue weighted by Crippen LogP contribution is 2.15. The van der Waals surface area contributed by atoms with Crippen molar-refractivity contribution in [3.05, 3.63) is 48.0 Å². The van der Waals surface area contributed by atoms with Gasteiger partial charge in [-0.05, 0) is 31.5 Å². The first kappa shape index (κ1) is 14.7. The largest absolute Gasteiger partial charge is 0.372 e. The summed E-state index contributed by atoms with van der Waals surface area (Å²) in [5, 5.41) is 4.08. The molecule has 2 atom stereocenters. The Balaban J connectivity index is 1.68. The minimum absolute atomic E-state index is 0.0642. The van der Waals surface area contributed by atoms with Crippen molar-refractivity contribution in [1.82, 2.24) is 19.7 Å². The van der Waals surface area contributed by atoms with Crippen LogP contribution in [0.25, 0.3) is 0 Å². The summed E-state index contributed by atoms with van der Waals surface area (Å²) in [7, 11) is 0. The van der Waals surface area contributed by atoms with Gasteiger partial charge >= 0.3 is 0 Å². The Morgan fingerprint density at radius 3 is 2.50 bits per heavy atom. The maximum Gasteiger partial charge on any atom is 0.254 e. The Morgan fingerprint density at radius 1 is 1.23 bits per heavy atom. The lowest BCUT2D eigenvalue weighted by Crippen LogP contribution is -2.48. The number of aromatic nitrogens is 3. The molecule has 0 radical (unpaired) electrons. The van der Waals surface area contributed by atoms with Gasteiger partial charge in [-0.2, -0.15) is 5.10 Å². The van der Waals surface area contributed by atoms with Gasteiger partial charge in [-0.25, -0.2) is 9.67 Å². The maximum atomic E-state index is 12.6. The fraction of sp³-hybridized carbons (Fsp3) is 0.438. The number of morpholine rings is 1. The first-order chi connectivity index (χ1) is 10.6. The van der Waals surface area contributed by atoms with E-state index in [1.807, 2.05) is 43.0 Å². The first-order valence-electron chi connectivity index (χ1n) is 7.48. The van der Waals surface area contributed by atoms with Crippen molar-refractivity contribution in [2.45, 2.75) is 32.6 Å². The number of carbonyl (C=O) groups excluding carboxylic acids is 1. The van der Waals surface area contributed by atoms with E-state index in [0.29, 0.717) is 25.2 Å². The van der Waals surface area contributed by atoms with Crippen LogP contribution in [-0.4, -0.2) is 50.9 Å². The molecule has 1 aromatic carbocycles. The number of hydrogen-bond donors (Lipinski definition) is 0. The molecule has 116 valence electrons. The van der Waals surface area contributed by atoms with E-state index in [9.17, 15) is 4.79 Å². The summed E-state index contributed by atoms with van der Waals surface area (Å²) in [4.78, 5) is 18.3. The van der Waals surface area contributed by atoms with Crippen molar-refractivity contribution >= 4 is 5.91 Å². The second-order valence-corrected chi connectivity index (χ2v) is 5.76. The third-order valence-electron chi connectivity index (χ3n) is 3.72. The fourth-order valence-corrected chi connectivity index (χ4v) is 2.78. The van der Waals surface area contributed by atoms with E-state index >= 15 is 0 Å². The van der Waals surface area contributed by atoms with Crippen LogP contribution in [0.4, 0.5) is 0 Å². The standard InChI is InChI=1S/C16H20N4O2/c1-12-7-19(8-13(2)22-12)16(21)15-5-3-14(4-6-15)9-20-11-17-10-18-20/h3-6,10-13H,7-9H2,1-2H3. The van der Waals surface area contributed by atoms with Gasteiger partial charge in [0.1, 0.15) is 12.7 Å². The molecule has 0 N–H and O–H groups in total. The van der Waals surface area contributed by atoms with Gasteiger partial charge in [0.15, 0.2) is 0 Å². The summed E-state index contributed by atoms with van der Waals surface area (Å²) < 4.78 is 7.42. The second-order valence-electron chi connectivity index (χ2n) is 5.76. The van der Waals surface area contributed by atoms with Gasteiger partial charge in [-0.3, -0.25) is 4.79 Å². The quantitative estimate of drug-likeness (QED) is 0.863. The molecule has 1 fully saturated rings. The van der Waals surface area contributed by atoms with Crippen LogP contribution in [0.5, 0.6) is 0 Å². The van der Waals surface area contributed by atoms with Crippen LogP contribution in [0.1, 0.15) is 29.8 Å². The van der Waals surface area contributed by atoms with Crippen molar-refractivity contribution in [2.75, 3.05) is 13.1 Å². The van der Waals surface area contributed by atoms with Gasteiger partial charge in [-0.15, -0.1) is 0 Å². The molecule has 2 aromatic rings. The molecule has 0 spiro atoms. The van der Waals surface area contributed by atoms with E-state index in [4.69, 9.17) is 4.74 Å². The van der Waals surface area contributed by atoms with Gasteiger partial charge in [0, 0.05) is 18.7 Å². The van der Waals surface area contributed by atoms with Crippen molar-refractivity contribution in [2.24, 2.45) is 0 Å². The molecule has 1 aromatic heterocycles. The Kier molecular flexibility index (Phi) is 4.20. The number of benzene rings is 1. The SMILES string of the molecule is CC1CN(C(=O)c2ccc(Cn3cncn3)cc2)CC(C)O1. The van der Waals surface area contributed by atoms with Gasteiger partial charge in [0.2, 0.25) is 0 Å². The normalized spacial score (nSPS) is 21.8. The predicted molar refractivity (Wildman–Crippen MR) is 81.5 cm³/mol. The molecule has 6 heteroatoms. The Bertz CT molecular complexity index is 614. The Hall–Kier alpha value is -2.21. The second kappa shape index (κ2) is 6.27. The molecular weight excluding hydrogens is 280 g/mol. The van der Waals surface area contributed by atoms with Crippen molar-refractivity contribution < 1.29 is 9.53 Å². The topological polar surface area (TPSA) is 60.2 Å². The van der Waals surface area contributed by atoms with E-state index in [1.165, 1.54) is 6.33 Å². The highest BCUT2D eigenvalue weighted by Gasteiger charge is 2.26. The smallest absolute Gasteiger partial charge is 0.254 e. The van der Waals surface area contributed by atoms with E-state index in [0.717, 1.165) is 5.56 Å².